The van der Waals surface area contributed by atoms with Crippen molar-refractivity contribution in [3.05, 3.63) is 100 Å². The summed E-state index contributed by atoms with van der Waals surface area (Å²) >= 11 is 3.45. The van der Waals surface area contributed by atoms with E-state index in [0.29, 0.717) is 0 Å². The molecule has 0 aromatic heterocycles. The van der Waals surface area contributed by atoms with Crippen LogP contribution >= 0.6 is 15.9 Å². The Morgan fingerprint density at radius 2 is 1.65 bits per heavy atom. The molecule has 0 bridgehead atoms. The maximum atomic E-state index is 12.6. The van der Waals surface area contributed by atoms with Gasteiger partial charge in [0.15, 0.2) is 0 Å². The highest BCUT2D eigenvalue weighted by atomic mass is 79.9. The van der Waals surface area contributed by atoms with Crippen molar-refractivity contribution in [2.45, 2.75) is 18.2 Å². The summed E-state index contributed by atoms with van der Waals surface area (Å²) in [7, 11) is -1.29. The number of hydrogen-bond acceptors (Lipinski definition) is 1. The van der Waals surface area contributed by atoms with Crippen LogP contribution in [0.4, 0.5) is 5.69 Å². The minimum Gasteiger partial charge on any atom is -0.301 e. The number of benzene rings is 3. The Morgan fingerprint density at radius 1 is 0.962 bits per heavy atom. The predicted octanol–water partition coefficient (Wildman–Crippen LogP) is 6.15. The van der Waals surface area contributed by atoms with Crippen molar-refractivity contribution in [3.63, 3.8) is 0 Å². The van der Waals surface area contributed by atoms with E-state index >= 15 is 0 Å². The largest absolute Gasteiger partial charge is 0.301 e. The van der Waals surface area contributed by atoms with Gasteiger partial charge in [-0.2, -0.15) is 0 Å². The van der Waals surface area contributed by atoms with Gasteiger partial charge in [0.1, 0.15) is 11.0 Å². The first-order valence-electron chi connectivity index (χ1n) is 8.37. The van der Waals surface area contributed by atoms with Gasteiger partial charge < -0.3 is 4.72 Å². The van der Waals surface area contributed by atoms with Crippen LogP contribution in [0.1, 0.15) is 16.7 Å². The fraction of sp³-hybridized carbons (Fsp3) is 0.0909. The third kappa shape index (κ3) is 5.16. The number of anilines is 1. The maximum Gasteiger partial charge on any atom is 0.150 e. The highest BCUT2D eigenvalue weighted by Crippen LogP contribution is 2.20. The average molecular weight is 426 g/mol. The van der Waals surface area contributed by atoms with Gasteiger partial charge in [-0.15, -0.1) is 0 Å². The number of nitrogens with one attached hydrogen (secondary N) is 1. The lowest BCUT2D eigenvalue weighted by atomic mass is 10.1. The van der Waals surface area contributed by atoms with Gasteiger partial charge in [0.25, 0.3) is 0 Å². The number of hydrogen-bond donors (Lipinski definition) is 1. The molecule has 3 rings (SSSR count). The van der Waals surface area contributed by atoms with Crippen LogP contribution in [0.15, 0.2) is 88.2 Å². The van der Waals surface area contributed by atoms with Gasteiger partial charge in [-0.05, 0) is 54.8 Å². The summed E-state index contributed by atoms with van der Waals surface area (Å²) in [5.41, 5.74) is 4.28. The Bertz CT molecular complexity index is 918. The van der Waals surface area contributed by atoms with Gasteiger partial charge in [-0.3, -0.25) is 0 Å². The fourth-order valence-electron chi connectivity index (χ4n) is 2.50. The Morgan fingerprint density at radius 3 is 2.38 bits per heavy atom. The van der Waals surface area contributed by atoms with E-state index in [1.54, 1.807) is 0 Å². The Balaban J connectivity index is 1.71. The number of aryl methyl sites for hydroxylation is 1. The summed E-state index contributed by atoms with van der Waals surface area (Å²) < 4.78 is 16.8. The van der Waals surface area contributed by atoms with Crippen molar-refractivity contribution in [1.82, 2.24) is 0 Å². The molecular weight excluding hydrogens is 406 g/mol. The molecule has 0 amide bonds. The number of para-hydroxylation sites is 1. The van der Waals surface area contributed by atoms with E-state index in [4.69, 9.17) is 0 Å². The van der Waals surface area contributed by atoms with Gasteiger partial charge in [0, 0.05) is 4.47 Å². The summed E-state index contributed by atoms with van der Waals surface area (Å²) in [5.74, 6) is 0. The molecule has 1 unspecified atom stereocenters. The van der Waals surface area contributed by atoms with Gasteiger partial charge in [0.05, 0.1) is 10.6 Å². The number of halogens is 1. The first-order chi connectivity index (χ1) is 12.6. The van der Waals surface area contributed by atoms with E-state index in [-0.39, 0.29) is 0 Å². The molecule has 1 N–H and O–H groups in total. The second-order valence-electron chi connectivity index (χ2n) is 6.00. The van der Waals surface area contributed by atoms with Gasteiger partial charge >= 0.3 is 0 Å². The summed E-state index contributed by atoms with van der Waals surface area (Å²) in [6.45, 7) is 2.02. The average Bonchev–Trinajstić information content (AvgIpc) is 2.65. The van der Waals surface area contributed by atoms with Crippen LogP contribution in [0.25, 0.3) is 6.08 Å². The maximum absolute atomic E-state index is 12.6. The van der Waals surface area contributed by atoms with E-state index in [1.165, 1.54) is 5.56 Å². The zero-order chi connectivity index (χ0) is 18.4. The smallest absolute Gasteiger partial charge is 0.150 e. The molecular formula is C22H20BrNOS. The van der Waals surface area contributed by atoms with Crippen LogP contribution in [-0.2, 0) is 17.4 Å². The van der Waals surface area contributed by atoms with Crippen molar-refractivity contribution in [2.75, 3.05) is 4.72 Å². The lowest BCUT2D eigenvalue weighted by Gasteiger charge is -2.09. The normalized spacial score (nSPS) is 12.2. The molecule has 2 nitrogen and oxygen atoms in total. The fourth-order valence-corrected chi connectivity index (χ4v) is 3.65. The van der Waals surface area contributed by atoms with Crippen LogP contribution in [0.2, 0.25) is 0 Å². The second-order valence-corrected chi connectivity index (χ2v) is 8.13. The Hall–Kier alpha value is -2.17. The molecule has 3 aromatic rings. The van der Waals surface area contributed by atoms with Crippen molar-refractivity contribution in [2.24, 2.45) is 0 Å². The molecule has 0 spiro atoms. The van der Waals surface area contributed by atoms with E-state index in [9.17, 15) is 4.21 Å². The summed E-state index contributed by atoms with van der Waals surface area (Å²) in [4.78, 5) is 0.768. The third-order valence-corrected chi connectivity index (χ3v) is 5.60. The van der Waals surface area contributed by atoms with E-state index < -0.39 is 11.0 Å². The first-order valence-corrected chi connectivity index (χ1v) is 10.3. The minimum atomic E-state index is -1.29. The summed E-state index contributed by atoms with van der Waals surface area (Å²) in [5, 5.41) is 0. The van der Waals surface area contributed by atoms with Crippen molar-refractivity contribution in [3.8, 4) is 0 Å². The standard InChI is InChI=1S/C22H20BrNOS/c1-17-9-15-21(16-10-17)26(25)24-22-8-3-2-6-19(22)7-4-5-18-11-13-20(23)14-12-18/h2-4,6-16,24H,5H2,1H3/b7-4-. The molecule has 0 radical (unpaired) electrons. The molecule has 0 saturated carbocycles. The molecule has 0 aliphatic rings. The Kier molecular flexibility index (Phi) is 6.42. The van der Waals surface area contributed by atoms with Gasteiger partial charge in [-0.1, -0.05) is 76.1 Å². The summed E-state index contributed by atoms with van der Waals surface area (Å²) in [6, 6.07) is 23.9. The van der Waals surface area contributed by atoms with Crippen LogP contribution in [-0.4, -0.2) is 4.21 Å². The minimum absolute atomic E-state index is 0.768. The molecule has 0 heterocycles. The van der Waals surface area contributed by atoms with Crippen LogP contribution in [0.3, 0.4) is 0 Å². The molecule has 3 aromatic carbocycles. The first kappa shape index (κ1) is 18.6. The molecule has 4 heteroatoms. The highest BCUT2D eigenvalue weighted by Gasteiger charge is 2.06. The van der Waals surface area contributed by atoms with E-state index in [0.717, 1.165) is 32.6 Å². The molecule has 0 aliphatic heterocycles. The molecule has 1 atom stereocenters. The molecule has 132 valence electrons. The van der Waals surface area contributed by atoms with Crippen molar-refractivity contribution < 1.29 is 4.21 Å². The van der Waals surface area contributed by atoms with Crippen LogP contribution < -0.4 is 4.72 Å². The third-order valence-electron chi connectivity index (χ3n) is 3.96. The molecule has 26 heavy (non-hydrogen) atoms. The SMILES string of the molecule is Cc1ccc(S(=O)Nc2ccccc2/C=C\Cc2ccc(Br)cc2)cc1. The molecule has 0 saturated heterocycles. The lowest BCUT2D eigenvalue weighted by Crippen LogP contribution is -2.05. The second kappa shape index (κ2) is 8.97. The van der Waals surface area contributed by atoms with E-state index in [1.807, 2.05) is 67.6 Å². The molecule has 0 aliphatic carbocycles. The van der Waals surface area contributed by atoms with E-state index in [2.05, 4.69) is 44.9 Å². The number of allylic oxidation sites excluding steroid dienone is 1. The van der Waals surface area contributed by atoms with Crippen molar-refractivity contribution >= 4 is 38.7 Å². The zero-order valence-electron chi connectivity index (χ0n) is 14.5. The summed E-state index contributed by atoms with van der Waals surface area (Å²) in [6.07, 6.45) is 5.04. The van der Waals surface area contributed by atoms with Gasteiger partial charge in [-0.25, -0.2) is 4.21 Å². The lowest BCUT2D eigenvalue weighted by molar-refractivity contribution is 0.686. The topological polar surface area (TPSA) is 29.1 Å². The quantitative estimate of drug-likeness (QED) is 0.504. The zero-order valence-corrected chi connectivity index (χ0v) is 16.9. The van der Waals surface area contributed by atoms with Crippen LogP contribution in [0.5, 0.6) is 0 Å². The molecule has 0 fully saturated rings. The predicted molar refractivity (Wildman–Crippen MR) is 115 cm³/mol. The Labute approximate surface area is 165 Å². The number of rotatable bonds is 6. The van der Waals surface area contributed by atoms with Gasteiger partial charge in [0.2, 0.25) is 0 Å². The monoisotopic (exact) mass is 425 g/mol. The van der Waals surface area contributed by atoms with Crippen LogP contribution in [0, 0.1) is 6.92 Å². The highest BCUT2D eigenvalue weighted by molar-refractivity contribution is 9.10. The van der Waals surface area contributed by atoms with Crippen molar-refractivity contribution in [1.29, 1.82) is 0 Å².